The minimum atomic E-state index is -0.741. The van der Waals surface area contributed by atoms with E-state index in [2.05, 4.69) is 15.8 Å². The van der Waals surface area contributed by atoms with Crippen LogP contribution in [-0.2, 0) is 4.79 Å². The summed E-state index contributed by atoms with van der Waals surface area (Å²) in [4.78, 5) is 11.2. The first-order valence-corrected chi connectivity index (χ1v) is 6.54. The molecule has 0 saturated heterocycles. The predicted octanol–water partition coefficient (Wildman–Crippen LogP) is 2.75. The quantitative estimate of drug-likeness (QED) is 0.651. The van der Waals surface area contributed by atoms with Gasteiger partial charge in [-0.05, 0) is 37.2 Å². The molecule has 0 spiro atoms. The summed E-state index contributed by atoms with van der Waals surface area (Å²) < 4.78 is 26.1. The van der Waals surface area contributed by atoms with E-state index in [1.54, 1.807) is 0 Å². The van der Waals surface area contributed by atoms with Gasteiger partial charge in [0.2, 0.25) is 0 Å². The monoisotopic (exact) mass is 297 g/mol. The van der Waals surface area contributed by atoms with Crippen molar-refractivity contribution in [2.45, 2.75) is 25.7 Å². The van der Waals surface area contributed by atoms with E-state index in [1.165, 1.54) is 6.07 Å². The lowest BCUT2D eigenvalue weighted by atomic mass is 9.97. The second-order valence-electron chi connectivity index (χ2n) is 4.44. The highest BCUT2D eigenvalue weighted by Gasteiger charge is 2.14. The van der Waals surface area contributed by atoms with E-state index in [9.17, 15) is 13.6 Å². The number of thiocarbonyl (C=S) groups is 1. The molecule has 1 saturated carbocycles. The number of hydrazone groups is 1. The molecule has 0 aromatic heterocycles. The number of hydrogen-bond acceptors (Lipinski definition) is 3. The summed E-state index contributed by atoms with van der Waals surface area (Å²) in [6.07, 6.45) is 2.43. The number of hydrogen-bond donors (Lipinski definition) is 2. The minimum absolute atomic E-state index is 0.0591. The van der Waals surface area contributed by atoms with E-state index >= 15 is 0 Å². The van der Waals surface area contributed by atoms with Crippen LogP contribution in [0.4, 0.5) is 14.5 Å². The molecule has 0 atom stereocenters. The zero-order chi connectivity index (χ0) is 14.5. The third-order valence-electron chi connectivity index (χ3n) is 2.82. The van der Waals surface area contributed by atoms with Gasteiger partial charge in [0, 0.05) is 24.6 Å². The van der Waals surface area contributed by atoms with E-state index in [1.807, 2.05) is 0 Å². The summed E-state index contributed by atoms with van der Waals surface area (Å²) in [6, 6.07) is 3.13. The van der Waals surface area contributed by atoms with E-state index in [-0.39, 0.29) is 16.6 Å². The Balaban J connectivity index is 1.92. The first-order chi connectivity index (χ1) is 9.54. The zero-order valence-corrected chi connectivity index (χ0v) is 11.4. The summed E-state index contributed by atoms with van der Waals surface area (Å²) in [7, 11) is 0. The first kappa shape index (κ1) is 14.5. The summed E-state index contributed by atoms with van der Waals surface area (Å²) in [6.45, 7) is 0. The van der Waals surface area contributed by atoms with Crippen LogP contribution in [0.25, 0.3) is 0 Å². The molecule has 7 heteroatoms. The molecule has 0 unspecified atom stereocenters. The number of rotatable bonds is 2. The zero-order valence-electron chi connectivity index (χ0n) is 10.6. The maximum absolute atomic E-state index is 13.4. The molecule has 1 aromatic carbocycles. The van der Waals surface area contributed by atoms with Crippen molar-refractivity contribution in [3.8, 4) is 0 Å². The van der Waals surface area contributed by atoms with Gasteiger partial charge < -0.3 is 5.32 Å². The number of ketones is 1. The summed E-state index contributed by atoms with van der Waals surface area (Å²) in [5, 5.41) is 6.68. The standard InChI is InChI=1S/C13H13F2N3OS/c14-8-4-5-12(11(15)6-8)16-13(20)18-17-9-2-1-3-10(19)7-9/h4-6H,1-3,7H2,(H2,16,18,20)/b17-9+. The number of nitrogens with one attached hydrogen (secondary N) is 2. The normalized spacial score (nSPS) is 17.1. The number of benzene rings is 1. The number of anilines is 1. The molecule has 0 radical (unpaired) electrons. The van der Waals surface area contributed by atoms with Crippen molar-refractivity contribution in [2.75, 3.05) is 5.32 Å². The first-order valence-electron chi connectivity index (χ1n) is 6.14. The second-order valence-corrected chi connectivity index (χ2v) is 4.85. The third kappa shape index (κ3) is 4.06. The van der Waals surface area contributed by atoms with Gasteiger partial charge in [-0.2, -0.15) is 5.10 Å². The van der Waals surface area contributed by atoms with Gasteiger partial charge >= 0.3 is 0 Å². The van der Waals surface area contributed by atoms with E-state index in [4.69, 9.17) is 12.2 Å². The van der Waals surface area contributed by atoms with E-state index in [0.717, 1.165) is 30.7 Å². The molecular weight excluding hydrogens is 284 g/mol. The predicted molar refractivity (Wildman–Crippen MR) is 76.6 cm³/mol. The van der Waals surface area contributed by atoms with Crippen molar-refractivity contribution >= 4 is 34.5 Å². The Labute approximate surface area is 120 Å². The highest BCUT2D eigenvalue weighted by molar-refractivity contribution is 7.80. The van der Waals surface area contributed by atoms with Crippen molar-refractivity contribution in [3.05, 3.63) is 29.8 Å². The van der Waals surface area contributed by atoms with Crippen molar-refractivity contribution in [1.82, 2.24) is 5.43 Å². The van der Waals surface area contributed by atoms with Crippen molar-refractivity contribution in [1.29, 1.82) is 0 Å². The smallest absolute Gasteiger partial charge is 0.191 e. The Hall–Kier alpha value is -1.89. The molecular formula is C13H13F2N3OS. The average molecular weight is 297 g/mol. The molecule has 1 aliphatic carbocycles. The van der Waals surface area contributed by atoms with Gasteiger partial charge in [0.25, 0.3) is 0 Å². The third-order valence-corrected chi connectivity index (χ3v) is 3.01. The van der Waals surface area contributed by atoms with Gasteiger partial charge in [0.1, 0.15) is 17.4 Å². The molecule has 1 aromatic rings. The number of nitrogens with zero attached hydrogens (tertiary/aromatic N) is 1. The molecule has 0 aliphatic heterocycles. The minimum Gasteiger partial charge on any atom is -0.329 e. The average Bonchev–Trinajstić information content (AvgIpc) is 2.40. The number of Topliss-reactive ketones (excluding diaryl/α,β-unsaturated/α-hetero) is 1. The summed E-state index contributed by atoms with van der Waals surface area (Å²) in [5.74, 6) is -1.25. The number of carbonyl (C=O) groups is 1. The Bertz CT molecular complexity index is 575. The van der Waals surface area contributed by atoms with Gasteiger partial charge in [0.05, 0.1) is 5.69 Å². The lowest BCUT2D eigenvalue weighted by Gasteiger charge is -2.13. The Morgan fingerprint density at radius 1 is 1.30 bits per heavy atom. The summed E-state index contributed by atoms with van der Waals surface area (Å²) >= 11 is 4.95. The van der Waals surface area contributed by atoms with Crippen LogP contribution in [0.15, 0.2) is 23.3 Å². The van der Waals surface area contributed by atoms with Crippen molar-refractivity contribution in [2.24, 2.45) is 5.10 Å². The van der Waals surface area contributed by atoms with Gasteiger partial charge in [-0.25, -0.2) is 8.78 Å². The lowest BCUT2D eigenvalue weighted by Crippen LogP contribution is -2.27. The molecule has 0 bridgehead atoms. The van der Waals surface area contributed by atoms with E-state index in [0.29, 0.717) is 12.8 Å². The van der Waals surface area contributed by atoms with Crippen LogP contribution in [0.2, 0.25) is 0 Å². The fourth-order valence-corrected chi connectivity index (χ4v) is 2.02. The van der Waals surface area contributed by atoms with Crippen LogP contribution >= 0.6 is 12.2 Å². The number of halogens is 2. The van der Waals surface area contributed by atoms with Crippen molar-refractivity contribution < 1.29 is 13.6 Å². The molecule has 4 nitrogen and oxygen atoms in total. The fourth-order valence-electron chi connectivity index (χ4n) is 1.86. The Kier molecular flexibility index (Phi) is 4.73. The van der Waals surface area contributed by atoms with Gasteiger partial charge in [-0.1, -0.05) is 0 Å². The van der Waals surface area contributed by atoms with Crippen LogP contribution in [0, 0.1) is 11.6 Å². The molecule has 106 valence electrons. The molecule has 2 rings (SSSR count). The molecule has 0 amide bonds. The topological polar surface area (TPSA) is 53.5 Å². The van der Waals surface area contributed by atoms with Crippen LogP contribution in [-0.4, -0.2) is 16.6 Å². The van der Waals surface area contributed by atoms with Crippen LogP contribution < -0.4 is 10.7 Å². The largest absolute Gasteiger partial charge is 0.329 e. The van der Waals surface area contributed by atoms with Crippen LogP contribution in [0.5, 0.6) is 0 Å². The van der Waals surface area contributed by atoms with Crippen LogP contribution in [0.1, 0.15) is 25.7 Å². The Morgan fingerprint density at radius 3 is 2.80 bits per heavy atom. The van der Waals surface area contributed by atoms with Crippen molar-refractivity contribution in [3.63, 3.8) is 0 Å². The molecule has 0 heterocycles. The highest BCUT2D eigenvalue weighted by Crippen LogP contribution is 2.15. The van der Waals surface area contributed by atoms with Gasteiger partial charge in [-0.3, -0.25) is 10.2 Å². The summed E-state index contributed by atoms with van der Waals surface area (Å²) in [5.41, 5.74) is 3.34. The molecule has 1 fully saturated rings. The molecule has 1 aliphatic rings. The van der Waals surface area contributed by atoms with Gasteiger partial charge in [0.15, 0.2) is 5.11 Å². The number of carbonyl (C=O) groups excluding carboxylic acids is 1. The molecule has 20 heavy (non-hydrogen) atoms. The highest BCUT2D eigenvalue weighted by atomic mass is 32.1. The van der Waals surface area contributed by atoms with Crippen LogP contribution in [0.3, 0.4) is 0 Å². The maximum Gasteiger partial charge on any atom is 0.191 e. The van der Waals surface area contributed by atoms with E-state index < -0.39 is 11.6 Å². The lowest BCUT2D eigenvalue weighted by molar-refractivity contribution is -0.118. The second kappa shape index (κ2) is 6.51. The SMILES string of the molecule is O=C1CCC/C(=N\NC(=S)Nc2ccc(F)cc2F)C1. The van der Waals surface area contributed by atoms with Gasteiger partial charge in [-0.15, -0.1) is 0 Å². The molecule has 2 N–H and O–H groups in total. The maximum atomic E-state index is 13.4. The Morgan fingerprint density at radius 2 is 2.10 bits per heavy atom. The fraction of sp³-hybridized carbons (Fsp3) is 0.308.